The van der Waals surface area contributed by atoms with Crippen molar-refractivity contribution in [3.8, 4) is 11.5 Å². The lowest BCUT2D eigenvalue weighted by atomic mass is 10.2. The largest absolute Gasteiger partial charge is 0.508 e. The van der Waals surface area contributed by atoms with Crippen molar-refractivity contribution in [2.45, 2.75) is 32.4 Å². The van der Waals surface area contributed by atoms with Gasteiger partial charge in [0.15, 0.2) is 0 Å². The number of rotatable bonds is 5. The summed E-state index contributed by atoms with van der Waals surface area (Å²) in [5, 5.41) is 13.0. The molecule has 0 amide bonds. The lowest BCUT2D eigenvalue weighted by Crippen LogP contribution is -2.15. The fourth-order valence-electron chi connectivity index (χ4n) is 1.50. The third-order valence-corrected chi connectivity index (χ3v) is 2.52. The zero-order valence-corrected chi connectivity index (χ0v) is 10.2. The van der Waals surface area contributed by atoms with Crippen molar-refractivity contribution in [1.29, 1.82) is 0 Å². The van der Waals surface area contributed by atoms with Crippen LogP contribution in [0.25, 0.3) is 0 Å². The van der Waals surface area contributed by atoms with Gasteiger partial charge in [-0.15, -0.1) is 12.4 Å². The molecule has 1 aliphatic carbocycles. The molecule has 0 saturated heterocycles. The van der Waals surface area contributed by atoms with Crippen molar-refractivity contribution < 1.29 is 9.84 Å². The van der Waals surface area contributed by atoms with Gasteiger partial charge < -0.3 is 15.2 Å². The highest BCUT2D eigenvalue weighted by Gasteiger charge is 2.20. The minimum atomic E-state index is 0. The van der Waals surface area contributed by atoms with E-state index in [0.717, 1.165) is 17.9 Å². The monoisotopic (exact) mass is 243 g/mol. The first-order chi connectivity index (χ1) is 7.29. The van der Waals surface area contributed by atoms with Crippen LogP contribution in [-0.2, 0) is 6.54 Å². The van der Waals surface area contributed by atoms with E-state index in [-0.39, 0.29) is 12.4 Å². The summed E-state index contributed by atoms with van der Waals surface area (Å²) in [7, 11) is 0. The van der Waals surface area contributed by atoms with E-state index in [2.05, 4.69) is 5.32 Å². The highest BCUT2D eigenvalue weighted by Crippen LogP contribution is 2.25. The van der Waals surface area contributed by atoms with E-state index in [9.17, 15) is 5.11 Å². The number of phenolic OH excluding ortho intramolecular Hbond substituents is 1. The summed E-state index contributed by atoms with van der Waals surface area (Å²) in [5.74, 6) is 1.16. The van der Waals surface area contributed by atoms with Gasteiger partial charge in [-0.1, -0.05) is 0 Å². The molecule has 16 heavy (non-hydrogen) atoms. The Kier molecular flexibility index (Phi) is 4.90. The molecule has 4 heteroatoms. The highest BCUT2D eigenvalue weighted by atomic mass is 35.5. The van der Waals surface area contributed by atoms with Crippen LogP contribution in [0.3, 0.4) is 0 Å². The van der Waals surface area contributed by atoms with Crippen molar-refractivity contribution in [3.63, 3.8) is 0 Å². The maximum absolute atomic E-state index is 9.64. The fourth-order valence-corrected chi connectivity index (χ4v) is 1.50. The molecule has 0 bridgehead atoms. The van der Waals surface area contributed by atoms with Gasteiger partial charge in [0, 0.05) is 18.2 Å². The van der Waals surface area contributed by atoms with Gasteiger partial charge in [0.25, 0.3) is 0 Å². The predicted molar refractivity (Wildman–Crippen MR) is 66.4 cm³/mol. The molecule has 1 aromatic rings. The number of benzene rings is 1. The highest BCUT2D eigenvalue weighted by molar-refractivity contribution is 5.85. The molecule has 0 spiro atoms. The van der Waals surface area contributed by atoms with Gasteiger partial charge >= 0.3 is 0 Å². The molecule has 2 N–H and O–H groups in total. The molecule has 1 aliphatic rings. The Hall–Kier alpha value is -0.930. The topological polar surface area (TPSA) is 41.5 Å². The number of hydrogen-bond acceptors (Lipinski definition) is 3. The Morgan fingerprint density at radius 3 is 2.81 bits per heavy atom. The van der Waals surface area contributed by atoms with E-state index in [1.165, 1.54) is 12.8 Å². The quantitative estimate of drug-likeness (QED) is 0.835. The standard InChI is InChI=1S/C12H17NO2.ClH/c1-2-15-11-5-6-12(14)9(7-11)8-13-10-3-4-10;/h5-7,10,13-14H,2-4,8H2,1H3;1H. The first kappa shape index (κ1) is 13.1. The van der Waals surface area contributed by atoms with E-state index in [0.29, 0.717) is 18.4 Å². The molecule has 1 aromatic carbocycles. The van der Waals surface area contributed by atoms with E-state index < -0.39 is 0 Å². The summed E-state index contributed by atoms with van der Waals surface area (Å²) in [6.07, 6.45) is 2.51. The Morgan fingerprint density at radius 1 is 1.44 bits per heavy atom. The van der Waals surface area contributed by atoms with Gasteiger partial charge in [0.2, 0.25) is 0 Å². The lowest BCUT2D eigenvalue weighted by Gasteiger charge is -2.09. The van der Waals surface area contributed by atoms with Crippen molar-refractivity contribution in [2.24, 2.45) is 0 Å². The fraction of sp³-hybridized carbons (Fsp3) is 0.500. The Labute approximate surface area is 102 Å². The summed E-state index contributed by atoms with van der Waals surface area (Å²) in [4.78, 5) is 0. The Morgan fingerprint density at radius 2 is 2.19 bits per heavy atom. The lowest BCUT2D eigenvalue weighted by molar-refractivity contribution is 0.338. The molecule has 1 fully saturated rings. The van der Waals surface area contributed by atoms with Crippen LogP contribution in [0, 0.1) is 0 Å². The van der Waals surface area contributed by atoms with E-state index in [1.807, 2.05) is 13.0 Å². The maximum atomic E-state index is 9.64. The molecule has 0 aromatic heterocycles. The van der Waals surface area contributed by atoms with E-state index in [1.54, 1.807) is 12.1 Å². The van der Waals surface area contributed by atoms with Gasteiger partial charge in [0.05, 0.1) is 6.61 Å². The first-order valence-electron chi connectivity index (χ1n) is 5.47. The molecule has 0 heterocycles. The van der Waals surface area contributed by atoms with Crippen LogP contribution in [0.1, 0.15) is 25.3 Å². The predicted octanol–water partition coefficient (Wildman–Crippen LogP) is 2.46. The molecule has 0 radical (unpaired) electrons. The zero-order chi connectivity index (χ0) is 10.7. The number of aromatic hydroxyl groups is 1. The molecule has 90 valence electrons. The molecule has 1 saturated carbocycles. The zero-order valence-electron chi connectivity index (χ0n) is 9.40. The van der Waals surface area contributed by atoms with Gasteiger partial charge in [0.1, 0.15) is 11.5 Å². The van der Waals surface area contributed by atoms with E-state index >= 15 is 0 Å². The minimum Gasteiger partial charge on any atom is -0.508 e. The number of ether oxygens (including phenoxy) is 1. The second-order valence-corrected chi connectivity index (χ2v) is 3.88. The summed E-state index contributed by atoms with van der Waals surface area (Å²) in [5.41, 5.74) is 0.910. The van der Waals surface area contributed by atoms with Crippen LogP contribution in [0.4, 0.5) is 0 Å². The molecular formula is C12H18ClNO2. The van der Waals surface area contributed by atoms with Gasteiger partial charge in [-0.25, -0.2) is 0 Å². The first-order valence-corrected chi connectivity index (χ1v) is 5.47. The van der Waals surface area contributed by atoms with Gasteiger partial charge in [-0.2, -0.15) is 0 Å². The van der Waals surface area contributed by atoms with Crippen LogP contribution >= 0.6 is 12.4 Å². The number of phenols is 1. The van der Waals surface area contributed by atoms with Crippen molar-refractivity contribution in [1.82, 2.24) is 5.32 Å². The molecule has 3 nitrogen and oxygen atoms in total. The van der Waals surface area contributed by atoms with Crippen molar-refractivity contribution in [2.75, 3.05) is 6.61 Å². The van der Waals surface area contributed by atoms with E-state index in [4.69, 9.17) is 4.74 Å². The number of halogens is 1. The van der Waals surface area contributed by atoms with Crippen LogP contribution < -0.4 is 10.1 Å². The molecule has 0 unspecified atom stereocenters. The third kappa shape index (κ3) is 3.58. The van der Waals surface area contributed by atoms with Crippen LogP contribution in [0.15, 0.2) is 18.2 Å². The van der Waals surface area contributed by atoms with Crippen LogP contribution in [-0.4, -0.2) is 17.8 Å². The van der Waals surface area contributed by atoms with Crippen LogP contribution in [0.5, 0.6) is 11.5 Å². The van der Waals surface area contributed by atoms with Gasteiger partial charge in [-0.3, -0.25) is 0 Å². The average molecular weight is 244 g/mol. The Bertz CT molecular complexity index is 340. The normalized spacial score (nSPS) is 14.3. The van der Waals surface area contributed by atoms with Gasteiger partial charge in [-0.05, 0) is 38.0 Å². The van der Waals surface area contributed by atoms with Crippen molar-refractivity contribution >= 4 is 12.4 Å². The molecule has 2 rings (SSSR count). The minimum absolute atomic E-state index is 0. The number of hydrogen-bond donors (Lipinski definition) is 2. The van der Waals surface area contributed by atoms with Crippen LogP contribution in [0.2, 0.25) is 0 Å². The van der Waals surface area contributed by atoms with Crippen molar-refractivity contribution in [3.05, 3.63) is 23.8 Å². The second-order valence-electron chi connectivity index (χ2n) is 3.88. The second kappa shape index (κ2) is 5.97. The molecule has 0 atom stereocenters. The summed E-state index contributed by atoms with van der Waals surface area (Å²) in [6, 6.07) is 6.03. The summed E-state index contributed by atoms with van der Waals surface area (Å²) >= 11 is 0. The average Bonchev–Trinajstić information content (AvgIpc) is 3.03. The molecule has 0 aliphatic heterocycles. The smallest absolute Gasteiger partial charge is 0.120 e. The molecular weight excluding hydrogens is 226 g/mol. The Balaban J connectivity index is 0.00000128. The summed E-state index contributed by atoms with van der Waals surface area (Å²) < 4.78 is 5.39. The third-order valence-electron chi connectivity index (χ3n) is 2.52. The SMILES string of the molecule is CCOc1ccc(O)c(CNC2CC2)c1.Cl. The summed E-state index contributed by atoms with van der Waals surface area (Å²) in [6.45, 7) is 3.33. The maximum Gasteiger partial charge on any atom is 0.120 e. The number of nitrogens with one attached hydrogen (secondary N) is 1.